The van der Waals surface area contributed by atoms with Crippen LogP contribution in [0.25, 0.3) is 11.1 Å². The number of aryl methyl sites for hydroxylation is 1. The van der Waals surface area contributed by atoms with Gasteiger partial charge in [-0.05, 0) is 42.8 Å². The van der Waals surface area contributed by atoms with E-state index in [2.05, 4.69) is 42.6 Å². The maximum absolute atomic E-state index is 8.97. The summed E-state index contributed by atoms with van der Waals surface area (Å²) in [5.41, 5.74) is 5.47. The molecule has 0 saturated carbocycles. The summed E-state index contributed by atoms with van der Waals surface area (Å²) in [6.45, 7) is 2.91. The lowest BCUT2D eigenvalue weighted by Gasteiger charge is -2.11. The second-order valence-electron chi connectivity index (χ2n) is 4.38. The highest BCUT2D eigenvalue weighted by Crippen LogP contribution is 2.25. The highest BCUT2D eigenvalue weighted by atomic mass is 14.8. The third kappa shape index (κ3) is 2.58. The first-order valence-corrected chi connectivity index (χ1v) is 5.99. The van der Waals surface area contributed by atoms with E-state index in [0.29, 0.717) is 5.56 Å². The SMILES string of the molecule is CNCc1ccc(C)cc1-c1cccc(C#N)c1. The molecule has 2 heteroatoms. The topological polar surface area (TPSA) is 35.8 Å². The van der Waals surface area contributed by atoms with Gasteiger partial charge in [-0.25, -0.2) is 0 Å². The summed E-state index contributed by atoms with van der Waals surface area (Å²) in [4.78, 5) is 0. The van der Waals surface area contributed by atoms with Crippen LogP contribution in [0, 0.1) is 18.3 Å². The van der Waals surface area contributed by atoms with Crippen molar-refractivity contribution in [1.82, 2.24) is 5.32 Å². The number of benzene rings is 2. The molecule has 0 atom stereocenters. The molecule has 0 saturated heterocycles. The molecular weight excluding hydrogens is 220 g/mol. The summed E-state index contributed by atoms with van der Waals surface area (Å²) in [6.07, 6.45) is 0. The second kappa shape index (κ2) is 5.48. The molecule has 0 aliphatic heterocycles. The van der Waals surface area contributed by atoms with E-state index in [1.54, 1.807) is 0 Å². The largest absolute Gasteiger partial charge is 0.316 e. The molecule has 90 valence electrons. The van der Waals surface area contributed by atoms with Gasteiger partial charge >= 0.3 is 0 Å². The average molecular weight is 236 g/mol. The fourth-order valence-corrected chi connectivity index (χ4v) is 2.06. The van der Waals surface area contributed by atoms with Crippen molar-refractivity contribution in [2.75, 3.05) is 7.05 Å². The lowest BCUT2D eigenvalue weighted by Crippen LogP contribution is -2.06. The molecule has 18 heavy (non-hydrogen) atoms. The lowest BCUT2D eigenvalue weighted by molar-refractivity contribution is 0.819. The fourth-order valence-electron chi connectivity index (χ4n) is 2.06. The van der Waals surface area contributed by atoms with E-state index in [4.69, 9.17) is 5.26 Å². The van der Waals surface area contributed by atoms with E-state index in [9.17, 15) is 0 Å². The van der Waals surface area contributed by atoms with Crippen LogP contribution in [-0.2, 0) is 6.54 Å². The molecule has 1 N–H and O–H groups in total. The fraction of sp³-hybridized carbons (Fsp3) is 0.188. The summed E-state index contributed by atoms with van der Waals surface area (Å²) >= 11 is 0. The van der Waals surface area contributed by atoms with Crippen LogP contribution in [0.1, 0.15) is 16.7 Å². The second-order valence-corrected chi connectivity index (χ2v) is 4.38. The molecule has 0 bridgehead atoms. The van der Waals surface area contributed by atoms with E-state index in [1.807, 2.05) is 25.2 Å². The van der Waals surface area contributed by atoms with Crippen LogP contribution in [0.5, 0.6) is 0 Å². The van der Waals surface area contributed by atoms with E-state index in [0.717, 1.165) is 12.1 Å². The van der Waals surface area contributed by atoms with Crippen molar-refractivity contribution in [2.45, 2.75) is 13.5 Å². The number of hydrogen-bond donors (Lipinski definition) is 1. The predicted octanol–water partition coefficient (Wildman–Crippen LogP) is 3.25. The summed E-state index contributed by atoms with van der Waals surface area (Å²) in [6, 6.07) is 16.4. The standard InChI is InChI=1S/C16H16N2/c1-12-6-7-15(11-18-2)16(8-12)14-5-3-4-13(9-14)10-17/h3-9,18H,11H2,1-2H3. The molecule has 2 nitrogen and oxygen atoms in total. The van der Waals surface area contributed by atoms with Gasteiger partial charge in [0.05, 0.1) is 11.6 Å². The van der Waals surface area contributed by atoms with Gasteiger partial charge in [-0.15, -0.1) is 0 Å². The normalized spacial score (nSPS) is 10.1. The summed E-state index contributed by atoms with van der Waals surface area (Å²) in [7, 11) is 1.94. The molecule has 0 aliphatic rings. The smallest absolute Gasteiger partial charge is 0.0991 e. The third-order valence-electron chi connectivity index (χ3n) is 2.94. The number of nitriles is 1. The average Bonchev–Trinajstić information content (AvgIpc) is 2.41. The first-order chi connectivity index (χ1) is 8.74. The summed E-state index contributed by atoms with van der Waals surface area (Å²) < 4.78 is 0. The molecule has 2 aromatic carbocycles. The molecule has 0 aliphatic carbocycles. The summed E-state index contributed by atoms with van der Waals surface area (Å²) in [5.74, 6) is 0. The van der Waals surface area contributed by atoms with Crippen LogP contribution < -0.4 is 5.32 Å². The van der Waals surface area contributed by atoms with Crippen LogP contribution in [0.2, 0.25) is 0 Å². The van der Waals surface area contributed by atoms with Crippen LogP contribution in [-0.4, -0.2) is 7.05 Å². The van der Waals surface area contributed by atoms with Crippen LogP contribution in [0.3, 0.4) is 0 Å². The minimum atomic E-state index is 0.699. The summed E-state index contributed by atoms with van der Waals surface area (Å²) in [5, 5.41) is 12.2. The lowest BCUT2D eigenvalue weighted by atomic mass is 9.96. The van der Waals surface area contributed by atoms with Crippen molar-refractivity contribution in [2.24, 2.45) is 0 Å². The molecule has 0 heterocycles. The van der Waals surface area contributed by atoms with Crippen LogP contribution in [0.15, 0.2) is 42.5 Å². The number of nitrogens with zero attached hydrogens (tertiary/aromatic N) is 1. The number of hydrogen-bond acceptors (Lipinski definition) is 2. The van der Waals surface area contributed by atoms with Crippen molar-refractivity contribution < 1.29 is 0 Å². The van der Waals surface area contributed by atoms with Gasteiger partial charge < -0.3 is 5.32 Å². The maximum Gasteiger partial charge on any atom is 0.0991 e. The molecule has 0 unspecified atom stereocenters. The molecule has 0 aromatic heterocycles. The Hall–Kier alpha value is -2.11. The van der Waals surface area contributed by atoms with E-state index < -0.39 is 0 Å². The van der Waals surface area contributed by atoms with E-state index in [-0.39, 0.29) is 0 Å². The van der Waals surface area contributed by atoms with Gasteiger partial charge in [0.1, 0.15) is 0 Å². The highest BCUT2D eigenvalue weighted by Gasteiger charge is 2.05. The van der Waals surface area contributed by atoms with Crippen LogP contribution in [0.4, 0.5) is 0 Å². The molecule has 2 aromatic rings. The third-order valence-corrected chi connectivity index (χ3v) is 2.94. The molecule has 2 rings (SSSR count). The quantitative estimate of drug-likeness (QED) is 0.888. The molecule has 0 spiro atoms. The Bertz CT molecular complexity index is 594. The minimum Gasteiger partial charge on any atom is -0.316 e. The van der Waals surface area contributed by atoms with Gasteiger partial charge in [0.25, 0.3) is 0 Å². The molecule has 0 radical (unpaired) electrons. The molecule has 0 fully saturated rings. The molecular formula is C16H16N2. The van der Waals surface area contributed by atoms with E-state index >= 15 is 0 Å². The van der Waals surface area contributed by atoms with Gasteiger partial charge in [-0.3, -0.25) is 0 Å². The Morgan fingerprint density at radius 3 is 2.72 bits per heavy atom. The van der Waals surface area contributed by atoms with E-state index in [1.165, 1.54) is 16.7 Å². The zero-order valence-corrected chi connectivity index (χ0v) is 10.7. The maximum atomic E-state index is 8.97. The molecule has 0 amide bonds. The van der Waals surface area contributed by atoms with Gasteiger partial charge in [0.2, 0.25) is 0 Å². The zero-order chi connectivity index (χ0) is 13.0. The Morgan fingerprint density at radius 1 is 1.17 bits per heavy atom. The van der Waals surface area contributed by atoms with Crippen molar-refractivity contribution >= 4 is 0 Å². The predicted molar refractivity (Wildman–Crippen MR) is 74.1 cm³/mol. The monoisotopic (exact) mass is 236 g/mol. The Kier molecular flexibility index (Phi) is 3.76. The van der Waals surface area contributed by atoms with Crippen molar-refractivity contribution in [1.29, 1.82) is 5.26 Å². The number of nitrogens with one attached hydrogen (secondary N) is 1. The van der Waals surface area contributed by atoms with Gasteiger partial charge in [-0.1, -0.05) is 35.9 Å². The van der Waals surface area contributed by atoms with Gasteiger partial charge in [0.15, 0.2) is 0 Å². The van der Waals surface area contributed by atoms with Crippen LogP contribution >= 0.6 is 0 Å². The van der Waals surface area contributed by atoms with Gasteiger partial charge in [-0.2, -0.15) is 5.26 Å². The zero-order valence-electron chi connectivity index (χ0n) is 10.7. The minimum absolute atomic E-state index is 0.699. The number of rotatable bonds is 3. The highest BCUT2D eigenvalue weighted by molar-refractivity contribution is 5.69. The van der Waals surface area contributed by atoms with Gasteiger partial charge in [0, 0.05) is 6.54 Å². The van der Waals surface area contributed by atoms with Crippen molar-refractivity contribution in [3.63, 3.8) is 0 Å². The first kappa shape index (κ1) is 12.3. The Labute approximate surface area is 108 Å². The van der Waals surface area contributed by atoms with Crippen molar-refractivity contribution in [3.8, 4) is 17.2 Å². The van der Waals surface area contributed by atoms with Crippen molar-refractivity contribution in [3.05, 3.63) is 59.2 Å². The Balaban J connectivity index is 2.54. The Morgan fingerprint density at radius 2 is 2.00 bits per heavy atom. The first-order valence-electron chi connectivity index (χ1n) is 5.99.